The maximum atomic E-state index is 12.1. The van der Waals surface area contributed by atoms with Crippen molar-refractivity contribution in [2.45, 2.75) is 6.04 Å². The van der Waals surface area contributed by atoms with E-state index in [4.69, 9.17) is 4.74 Å². The van der Waals surface area contributed by atoms with Crippen molar-refractivity contribution >= 4 is 46.9 Å². The van der Waals surface area contributed by atoms with E-state index in [1.165, 1.54) is 11.3 Å². The SMILES string of the molecule is Cl.O=C(Nc1ccc(NC(=O)C2COCCN2)cc1)c1cccs1. The molecule has 1 aromatic carbocycles. The van der Waals surface area contributed by atoms with Crippen LogP contribution in [0.2, 0.25) is 0 Å². The zero-order valence-electron chi connectivity index (χ0n) is 12.8. The van der Waals surface area contributed by atoms with E-state index in [2.05, 4.69) is 16.0 Å². The zero-order chi connectivity index (χ0) is 16.1. The van der Waals surface area contributed by atoms with Gasteiger partial charge in [0.25, 0.3) is 5.91 Å². The maximum Gasteiger partial charge on any atom is 0.265 e. The third-order valence-corrected chi connectivity index (χ3v) is 4.26. The van der Waals surface area contributed by atoms with Crippen LogP contribution in [0, 0.1) is 0 Å². The molecule has 1 fully saturated rings. The first-order valence-electron chi connectivity index (χ1n) is 7.29. The predicted octanol–water partition coefficient (Wildman–Crippen LogP) is 2.35. The van der Waals surface area contributed by atoms with Gasteiger partial charge in [-0.15, -0.1) is 23.7 Å². The number of rotatable bonds is 4. The van der Waals surface area contributed by atoms with Crippen molar-refractivity contribution in [3.63, 3.8) is 0 Å². The number of hydrogen-bond donors (Lipinski definition) is 3. The van der Waals surface area contributed by atoms with Gasteiger partial charge >= 0.3 is 0 Å². The first kappa shape index (κ1) is 18.4. The minimum Gasteiger partial charge on any atom is -0.378 e. The molecule has 1 aliphatic rings. The molecule has 0 bridgehead atoms. The summed E-state index contributed by atoms with van der Waals surface area (Å²) in [4.78, 5) is 24.7. The van der Waals surface area contributed by atoms with Crippen molar-refractivity contribution < 1.29 is 14.3 Å². The Balaban J connectivity index is 0.00000208. The van der Waals surface area contributed by atoms with E-state index >= 15 is 0 Å². The molecule has 6 nitrogen and oxygen atoms in total. The fourth-order valence-corrected chi connectivity index (χ4v) is 2.82. The molecule has 2 heterocycles. The van der Waals surface area contributed by atoms with Gasteiger partial charge in [0, 0.05) is 17.9 Å². The molecule has 24 heavy (non-hydrogen) atoms. The first-order chi connectivity index (χ1) is 11.2. The Labute approximate surface area is 150 Å². The molecule has 3 rings (SSSR count). The van der Waals surface area contributed by atoms with E-state index in [1.54, 1.807) is 30.3 Å². The number of anilines is 2. The molecular formula is C16H18ClN3O3S. The van der Waals surface area contributed by atoms with Gasteiger partial charge in [0.15, 0.2) is 0 Å². The summed E-state index contributed by atoms with van der Waals surface area (Å²) in [7, 11) is 0. The largest absolute Gasteiger partial charge is 0.378 e. The lowest BCUT2D eigenvalue weighted by Gasteiger charge is -2.22. The molecule has 0 aliphatic carbocycles. The third kappa shape index (κ3) is 4.78. The summed E-state index contributed by atoms with van der Waals surface area (Å²) in [5, 5.41) is 10.6. The van der Waals surface area contributed by atoms with Gasteiger partial charge in [-0.25, -0.2) is 0 Å². The van der Waals surface area contributed by atoms with Gasteiger partial charge in [-0.2, -0.15) is 0 Å². The number of carbonyl (C=O) groups is 2. The van der Waals surface area contributed by atoms with E-state index in [9.17, 15) is 9.59 Å². The van der Waals surface area contributed by atoms with Crippen LogP contribution in [0.4, 0.5) is 11.4 Å². The Hall–Kier alpha value is -1.93. The van der Waals surface area contributed by atoms with E-state index < -0.39 is 0 Å². The molecule has 1 atom stereocenters. The van der Waals surface area contributed by atoms with Crippen molar-refractivity contribution in [3.8, 4) is 0 Å². The highest BCUT2D eigenvalue weighted by molar-refractivity contribution is 7.12. The molecule has 2 amide bonds. The molecule has 2 aromatic rings. The van der Waals surface area contributed by atoms with E-state index in [-0.39, 0.29) is 30.3 Å². The summed E-state index contributed by atoms with van der Waals surface area (Å²) in [6, 6.07) is 10.3. The second-order valence-corrected chi connectivity index (χ2v) is 6.03. The Bertz CT molecular complexity index is 670. The van der Waals surface area contributed by atoms with Crippen molar-refractivity contribution in [2.75, 3.05) is 30.4 Å². The van der Waals surface area contributed by atoms with Crippen LogP contribution in [-0.2, 0) is 9.53 Å². The van der Waals surface area contributed by atoms with Crippen LogP contribution in [-0.4, -0.2) is 37.6 Å². The van der Waals surface area contributed by atoms with Gasteiger partial charge in [0.1, 0.15) is 6.04 Å². The van der Waals surface area contributed by atoms with Crippen LogP contribution >= 0.6 is 23.7 Å². The van der Waals surface area contributed by atoms with Crippen LogP contribution < -0.4 is 16.0 Å². The third-order valence-electron chi connectivity index (χ3n) is 3.39. The summed E-state index contributed by atoms with van der Waals surface area (Å²) in [6.45, 7) is 1.68. The highest BCUT2D eigenvalue weighted by Crippen LogP contribution is 2.16. The molecular weight excluding hydrogens is 350 g/mol. The maximum absolute atomic E-state index is 12.1. The number of hydrogen-bond acceptors (Lipinski definition) is 5. The normalized spacial score (nSPS) is 16.8. The predicted molar refractivity (Wildman–Crippen MR) is 97.2 cm³/mol. The minimum absolute atomic E-state index is 0. The number of ether oxygens (including phenoxy) is 1. The Morgan fingerprint density at radius 1 is 1.12 bits per heavy atom. The lowest BCUT2D eigenvalue weighted by atomic mass is 10.2. The molecule has 128 valence electrons. The van der Waals surface area contributed by atoms with Crippen molar-refractivity contribution in [3.05, 3.63) is 46.7 Å². The van der Waals surface area contributed by atoms with Gasteiger partial charge in [-0.1, -0.05) is 6.07 Å². The van der Waals surface area contributed by atoms with Crippen LogP contribution in [0.3, 0.4) is 0 Å². The smallest absolute Gasteiger partial charge is 0.265 e. The van der Waals surface area contributed by atoms with Crippen LogP contribution in [0.5, 0.6) is 0 Å². The average molecular weight is 368 g/mol. The summed E-state index contributed by atoms with van der Waals surface area (Å²) in [6.07, 6.45) is 0. The molecule has 3 N–H and O–H groups in total. The number of benzene rings is 1. The number of thiophene rings is 1. The fourth-order valence-electron chi connectivity index (χ4n) is 2.20. The summed E-state index contributed by atoms with van der Waals surface area (Å²) in [5.41, 5.74) is 1.36. The average Bonchev–Trinajstić information content (AvgIpc) is 3.12. The molecule has 1 saturated heterocycles. The molecule has 1 unspecified atom stereocenters. The highest BCUT2D eigenvalue weighted by Gasteiger charge is 2.21. The van der Waals surface area contributed by atoms with Gasteiger partial charge < -0.3 is 20.7 Å². The Kier molecular flexibility index (Phi) is 6.74. The van der Waals surface area contributed by atoms with Crippen LogP contribution in [0.15, 0.2) is 41.8 Å². The quantitative estimate of drug-likeness (QED) is 0.775. The highest BCUT2D eigenvalue weighted by atomic mass is 35.5. The summed E-state index contributed by atoms with van der Waals surface area (Å²) < 4.78 is 5.27. The number of carbonyl (C=O) groups excluding carboxylic acids is 2. The number of halogens is 1. The van der Waals surface area contributed by atoms with Crippen LogP contribution in [0.1, 0.15) is 9.67 Å². The van der Waals surface area contributed by atoms with Gasteiger partial charge in [-0.05, 0) is 35.7 Å². The Morgan fingerprint density at radius 3 is 2.42 bits per heavy atom. The van der Waals surface area contributed by atoms with E-state index in [1.807, 2.05) is 11.4 Å². The van der Waals surface area contributed by atoms with E-state index in [0.717, 1.165) is 0 Å². The second-order valence-electron chi connectivity index (χ2n) is 5.08. The molecule has 1 aliphatic heterocycles. The first-order valence-corrected chi connectivity index (χ1v) is 8.17. The molecule has 8 heteroatoms. The lowest BCUT2D eigenvalue weighted by Crippen LogP contribution is -2.48. The monoisotopic (exact) mass is 367 g/mol. The van der Waals surface area contributed by atoms with Crippen molar-refractivity contribution in [1.29, 1.82) is 0 Å². The molecule has 0 saturated carbocycles. The molecule has 1 aromatic heterocycles. The summed E-state index contributed by atoms with van der Waals surface area (Å²) in [5.74, 6) is -0.264. The topological polar surface area (TPSA) is 79.5 Å². The number of nitrogens with one attached hydrogen (secondary N) is 3. The molecule has 0 radical (unpaired) electrons. The van der Waals surface area contributed by atoms with Gasteiger partial charge in [0.2, 0.25) is 5.91 Å². The zero-order valence-corrected chi connectivity index (χ0v) is 14.4. The summed E-state index contributed by atoms with van der Waals surface area (Å²) >= 11 is 1.39. The van der Waals surface area contributed by atoms with Crippen LogP contribution in [0.25, 0.3) is 0 Å². The van der Waals surface area contributed by atoms with Gasteiger partial charge in [0.05, 0.1) is 18.1 Å². The lowest BCUT2D eigenvalue weighted by molar-refractivity contribution is -0.120. The standard InChI is InChI=1S/C16H17N3O3S.ClH/c20-15(13-10-22-8-7-17-13)18-11-3-5-12(6-4-11)19-16(21)14-2-1-9-23-14;/h1-6,9,13,17H,7-8,10H2,(H,18,20)(H,19,21);1H. The number of amides is 2. The number of morpholine rings is 1. The van der Waals surface area contributed by atoms with E-state index in [0.29, 0.717) is 36.0 Å². The molecule has 0 spiro atoms. The Morgan fingerprint density at radius 2 is 1.83 bits per heavy atom. The fraction of sp³-hybridized carbons (Fsp3) is 0.250. The van der Waals surface area contributed by atoms with Crippen molar-refractivity contribution in [2.24, 2.45) is 0 Å². The second kappa shape index (κ2) is 8.79. The van der Waals surface area contributed by atoms with Gasteiger partial charge in [-0.3, -0.25) is 9.59 Å². The van der Waals surface area contributed by atoms with Crippen molar-refractivity contribution in [1.82, 2.24) is 5.32 Å². The minimum atomic E-state index is -0.332.